The van der Waals surface area contributed by atoms with Gasteiger partial charge in [-0.2, -0.15) is 0 Å². The highest BCUT2D eigenvalue weighted by atomic mass is 35.5. The topological polar surface area (TPSA) is 80.3 Å². The molecule has 11 heteroatoms. The third-order valence-corrected chi connectivity index (χ3v) is 7.19. The van der Waals surface area contributed by atoms with Crippen LogP contribution < -0.4 is 28.7 Å². The molecule has 0 aliphatic carbocycles. The maximum absolute atomic E-state index is 14.5. The molecule has 1 fully saturated rings. The van der Waals surface area contributed by atoms with Crippen molar-refractivity contribution in [3.8, 4) is 17.2 Å². The van der Waals surface area contributed by atoms with Gasteiger partial charge in [0.2, 0.25) is 0 Å². The highest BCUT2D eigenvalue weighted by Gasteiger charge is 2.34. The van der Waals surface area contributed by atoms with Crippen molar-refractivity contribution in [2.75, 3.05) is 61.7 Å². The zero-order valence-corrected chi connectivity index (χ0v) is 18.3. The van der Waals surface area contributed by atoms with Crippen LogP contribution in [0.4, 0.5) is 15.8 Å². The Balaban J connectivity index is 0.00000231. The molecule has 0 amide bonds. The predicted octanol–water partition coefficient (Wildman–Crippen LogP) is 2.02. The van der Waals surface area contributed by atoms with E-state index in [4.69, 9.17) is 14.2 Å². The van der Waals surface area contributed by atoms with Gasteiger partial charge in [-0.3, -0.25) is 4.31 Å². The molecule has 0 bridgehead atoms. The minimum atomic E-state index is -3.95. The Kier molecular flexibility index (Phi) is 6.05. The van der Waals surface area contributed by atoms with Crippen LogP contribution in [-0.2, 0) is 10.0 Å². The van der Waals surface area contributed by atoms with Crippen molar-refractivity contribution in [2.45, 2.75) is 4.90 Å². The van der Waals surface area contributed by atoms with Crippen molar-refractivity contribution in [3.05, 3.63) is 36.1 Å². The molecule has 3 aliphatic rings. The van der Waals surface area contributed by atoms with Crippen molar-refractivity contribution in [1.29, 1.82) is 0 Å². The number of halogens is 2. The maximum Gasteiger partial charge on any atom is 0.264 e. The lowest BCUT2D eigenvalue weighted by Crippen LogP contribution is -2.44. The summed E-state index contributed by atoms with van der Waals surface area (Å²) >= 11 is 0. The van der Waals surface area contributed by atoms with Gasteiger partial charge in [-0.05, 0) is 12.1 Å². The maximum atomic E-state index is 14.5. The summed E-state index contributed by atoms with van der Waals surface area (Å²) in [6, 6.07) is 7.14. The van der Waals surface area contributed by atoms with Crippen molar-refractivity contribution in [1.82, 2.24) is 5.32 Å². The van der Waals surface area contributed by atoms with E-state index in [0.717, 1.165) is 13.1 Å². The largest absolute Gasteiger partial charge is 0.487 e. The van der Waals surface area contributed by atoms with Crippen molar-refractivity contribution < 1.29 is 27.0 Å². The van der Waals surface area contributed by atoms with Gasteiger partial charge in [0, 0.05) is 44.4 Å². The van der Waals surface area contributed by atoms with Gasteiger partial charge in [-0.15, -0.1) is 12.4 Å². The first-order valence-corrected chi connectivity index (χ1v) is 11.3. The standard InChI is InChI=1S/C20H22FN3O5S.ClH/c21-14-11-16(23-5-3-22-4-6-23)20-17(12-14)24(7-8-29-20)30(25,26)15-1-2-18-19(13-15)28-10-9-27-18;/h1-2,11-13,22H,3-10H2;1H. The summed E-state index contributed by atoms with van der Waals surface area (Å²) in [6.45, 7) is 3.97. The second-order valence-corrected chi connectivity index (χ2v) is 9.10. The van der Waals surface area contributed by atoms with E-state index in [1.54, 1.807) is 6.07 Å². The number of hydrogen-bond donors (Lipinski definition) is 1. The number of hydrogen-bond acceptors (Lipinski definition) is 7. The average molecular weight is 472 g/mol. The van der Waals surface area contributed by atoms with E-state index in [1.807, 2.05) is 4.90 Å². The van der Waals surface area contributed by atoms with Crippen LogP contribution >= 0.6 is 12.4 Å². The fourth-order valence-corrected chi connectivity index (χ4v) is 5.41. The summed E-state index contributed by atoms with van der Waals surface area (Å²) < 4.78 is 59.5. The number of nitrogens with one attached hydrogen (secondary N) is 1. The highest BCUT2D eigenvalue weighted by Crippen LogP contribution is 2.44. The molecule has 2 aromatic rings. The van der Waals surface area contributed by atoms with E-state index in [0.29, 0.717) is 49.2 Å². The number of ether oxygens (including phenoxy) is 3. The lowest BCUT2D eigenvalue weighted by atomic mass is 10.2. The van der Waals surface area contributed by atoms with E-state index in [2.05, 4.69) is 5.32 Å². The fourth-order valence-electron chi connectivity index (χ4n) is 3.95. The number of anilines is 2. The van der Waals surface area contributed by atoms with Crippen LogP contribution in [0.1, 0.15) is 0 Å². The normalized spacial score (nSPS) is 18.0. The Morgan fingerprint density at radius 1 is 0.871 bits per heavy atom. The van der Waals surface area contributed by atoms with Gasteiger partial charge in [-0.1, -0.05) is 0 Å². The molecule has 0 aromatic heterocycles. The Morgan fingerprint density at radius 2 is 1.58 bits per heavy atom. The van der Waals surface area contributed by atoms with Gasteiger partial charge in [0.25, 0.3) is 10.0 Å². The van der Waals surface area contributed by atoms with E-state index in [-0.39, 0.29) is 36.1 Å². The number of piperazine rings is 1. The summed E-state index contributed by atoms with van der Waals surface area (Å²) in [6.07, 6.45) is 0. The van der Waals surface area contributed by atoms with Gasteiger partial charge in [0.1, 0.15) is 25.6 Å². The minimum Gasteiger partial charge on any atom is -0.487 e. The molecule has 3 aliphatic heterocycles. The van der Waals surface area contributed by atoms with Gasteiger partial charge in [-0.25, -0.2) is 12.8 Å². The molecule has 3 heterocycles. The van der Waals surface area contributed by atoms with Crippen LogP contribution in [0.25, 0.3) is 0 Å². The number of nitrogens with zero attached hydrogens (tertiary/aromatic N) is 2. The van der Waals surface area contributed by atoms with E-state index in [1.165, 1.54) is 28.6 Å². The van der Waals surface area contributed by atoms with Crippen LogP contribution in [0.2, 0.25) is 0 Å². The summed E-state index contributed by atoms with van der Waals surface area (Å²) in [5.41, 5.74) is 0.790. The van der Waals surface area contributed by atoms with Crippen molar-refractivity contribution in [2.24, 2.45) is 0 Å². The Morgan fingerprint density at radius 3 is 2.35 bits per heavy atom. The molecule has 31 heavy (non-hydrogen) atoms. The Bertz CT molecular complexity index is 1080. The molecule has 1 saturated heterocycles. The number of benzene rings is 2. The lowest BCUT2D eigenvalue weighted by molar-refractivity contribution is 0.171. The summed E-state index contributed by atoms with van der Waals surface area (Å²) in [5.74, 6) is 0.784. The summed E-state index contributed by atoms with van der Waals surface area (Å²) in [4.78, 5) is 2.08. The number of rotatable bonds is 3. The fraction of sp³-hybridized carbons (Fsp3) is 0.400. The molecule has 5 rings (SSSR count). The molecular formula is C20H23ClFN3O5S. The van der Waals surface area contributed by atoms with Crippen LogP contribution in [0.5, 0.6) is 17.2 Å². The molecule has 168 valence electrons. The number of fused-ring (bicyclic) bond motifs is 2. The first kappa shape index (κ1) is 21.8. The monoisotopic (exact) mass is 471 g/mol. The van der Waals surface area contributed by atoms with E-state index >= 15 is 0 Å². The van der Waals surface area contributed by atoms with Gasteiger partial charge in [0.15, 0.2) is 17.2 Å². The zero-order valence-electron chi connectivity index (χ0n) is 16.7. The molecule has 2 aromatic carbocycles. The molecule has 0 radical (unpaired) electrons. The third-order valence-electron chi connectivity index (χ3n) is 5.38. The van der Waals surface area contributed by atoms with Gasteiger partial charge >= 0.3 is 0 Å². The van der Waals surface area contributed by atoms with Crippen molar-refractivity contribution in [3.63, 3.8) is 0 Å². The van der Waals surface area contributed by atoms with Gasteiger partial charge < -0.3 is 24.4 Å². The predicted molar refractivity (Wildman–Crippen MR) is 116 cm³/mol. The molecule has 8 nitrogen and oxygen atoms in total. The van der Waals surface area contributed by atoms with Crippen LogP contribution in [-0.4, -0.2) is 61.0 Å². The second kappa shape index (κ2) is 8.60. The molecule has 0 unspecified atom stereocenters. The molecule has 1 N–H and O–H groups in total. The van der Waals surface area contributed by atoms with E-state index in [9.17, 15) is 12.8 Å². The highest BCUT2D eigenvalue weighted by molar-refractivity contribution is 7.92. The molecule has 0 saturated carbocycles. The summed E-state index contributed by atoms with van der Waals surface area (Å²) in [5, 5.41) is 3.25. The SMILES string of the molecule is Cl.O=S(=O)(c1ccc2c(c1)OCCO2)N1CCOc2c(N3CCNCC3)cc(F)cc21. The number of sulfonamides is 1. The molecular weight excluding hydrogens is 449 g/mol. The quantitative estimate of drug-likeness (QED) is 0.733. The first-order valence-electron chi connectivity index (χ1n) is 9.88. The second-order valence-electron chi connectivity index (χ2n) is 7.24. The van der Waals surface area contributed by atoms with E-state index < -0.39 is 15.8 Å². The third kappa shape index (κ3) is 3.95. The average Bonchev–Trinajstić information content (AvgIpc) is 2.78. The zero-order chi connectivity index (χ0) is 20.7. The minimum absolute atomic E-state index is 0. The Labute approximate surface area is 186 Å². The molecule has 0 spiro atoms. The smallest absolute Gasteiger partial charge is 0.264 e. The van der Waals surface area contributed by atoms with Crippen LogP contribution in [0.3, 0.4) is 0 Å². The lowest BCUT2D eigenvalue weighted by Gasteiger charge is -2.36. The first-order chi connectivity index (χ1) is 14.5. The van der Waals surface area contributed by atoms with Crippen LogP contribution in [0.15, 0.2) is 35.2 Å². The van der Waals surface area contributed by atoms with Crippen molar-refractivity contribution >= 4 is 33.8 Å². The molecule has 0 atom stereocenters. The Hall–Kier alpha value is -2.43. The van der Waals surface area contributed by atoms with Gasteiger partial charge in [0.05, 0.1) is 22.8 Å². The van der Waals surface area contributed by atoms with Crippen LogP contribution in [0, 0.1) is 5.82 Å². The summed E-state index contributed by atoms with van der Waals surface area (Å²) in [7, 11) is -3.95.